The molecule has 12 aromatic rings. The van der Waals surface area contributed by atoms with Crippen molar-refractivity contribution in [3.8, 4) is 0 Å². The van der Waals surface area contributed by atoms with Crippen molar-refractivity contribution < 1.29 is 47.1 Å². The normalized spacial score (nSPS) is 13.1. The first-order valence-corrected chi connectivity index (χ1v) is 44.6. The fourth-order valence-corrected chi connectivity index (χ4v) is 15.2. The van der Waals surface area contributed by atoms with Crippen LogP contribution >= 0.6 is 59.4 Å². The van der Waals surface area contributed by atoms with Gasteiger partial charge in [0.25, 0.3) is 47.3 Å². The van der Waals surface area contributed by atoms with Gasteiger partial charge in [0.15, 0.2) is 0 Å². The number of carbonyl (C=O) groups is 8. The van der Waals surface area contributed by atoms with E-state index in [0.29, 0.717) is 84.7 Å². The Kier molecular flexibility index (Phi) is 32.7. The maximum atomic E-state index is 14.8. The van der Waals surface area contributed by atoms with Crippen LogP contribution in [0.5, 0.6) is 0 Å². The van der Waals surface area contributed by atoms with Crippen molar-refractivity contribution in [3.63, 3.8) is 0 Å². The van der Waals surface area contributed by atoms with E-state index in [1.165, 1.54) is 42.9 Å². The summed E-state index contributed by atoms with van der Waals surface area (Å²) in [7, 11) is 0. The van der Waals surface area contributed by atoms with E-state index in [0.717, 1.165) is 128 Å². The van der Waals surface area contributed by atoms with Crippen molar-refractivity contribution in [2.75, 3.05) is 94.9 Å². The minimum atomic E-state index is -0.735. The third-order valence-electron chi connectivity index (χ3n) is 21.3. The molecule has 28 nitrogen and oxygen atoms in total. The van der Waals surface area contributed by atoms with Gasteiger partial charge < -0.3 is 62.1 Å². The van der Waals surface area contributed by atoms with Gasteiger partial charge in [-0.3, -0.25) is 60.0 Å². The summed E-state index contributed by atoms with van der Waals surface area (Å²) in [6.45, 7) is 6.69. The zero-order valence-corrected chi connectivity index (χ0v) is 75.9. The number of nitrogens with one attached hydrogen (secondary N) is 12. The van der Waals surface area contributed by atoms with Gasteiger partial charge in [0, 0.05) is 124 Å². The number of likely N-dealkylation sites (tertiary alicyclic amines) is 4. The Labute approximate surface area is 783 Å². The number of amidine groups is 4. The number of rotatable bonds is 20. The molecule has 16 rings (SSSR count). The van der Waals surface area contributed by atoms with Crippen LogP contribution in [0.3, 0.4) is 0 Å². The highest BCUT2D eigenvalue weighted by atomic mass is 79.9. The Morgan fingerprint density at radius 1 is 0.267 bits per heavy atom. The molecular weight excluding hydrogens is 1890 g/mol. The topological polar surface area (TPSA) is 393 Å². The summed E-state index contributed by atoms with van der Waals surface area (Å²) in [5, 5.41) is 55.4. The summed E-state index contributed by atoms with van der Waals surface area (Å²) in [4.78, 5) is 126. The molecule has 131 heavy (non-hydrogen) atoms. The van der Waals surface area contributed by atoms with Crippen molar-refractivity contribution in [2.45, 2.75) is 57.8 Å². The molecule has 0 spiro atoms. The minimum Gasteiger partial charge on any atom is -0.357 e. The fourth-order valence-electron chi connectivity index (χ4n) is 14.4. The highest BCUT2D eigenvalue weighted by Crippen LogP contribution is 2.29. The Balaban J connectivity index is 0.000000149. The molecule has 4 aliphatic heterocycles. The summed E-state index contributed by atoms with van der Waals surface area (Å²) >= 11 is 15.7. The molecule has 12 N–H and O–H groups in total. The van der Waals surface area contributed by atoms with Gasteiger partial charge in [-0.15, -0.1) is 0 Å². The van der Waals surface area contributed by atoms with Crippen LogP contribution in [0.4, 0.5) is 54.8 Å². The van der Waals surface area contributed by atoms with E-state index in [1.807, 2.05) is 14.7 Å². The molecule has 4 fully saturated rings. The van der Waals surface area contributed by atoms with Gasteiger partial charge in [0.05, 0.1) is 61.2 Å². The molecule has 34 heteroatoms. The highest BCUT2D eigenvalue weighted by Gasteiger charge is 2.27. The number of para-hydroxylation sites is 4. The largest absolute Gasteiger partial charge is 0.357 e. The second kappa shape index (κ2) is 45.5. The lowest BCUT2D eigenvalue weighted by atomic mass is 10.1. The lowest BCUT2D eigenvalue weighted by Gasteiger charge is -2.29. The maximum Gasteiger partial charge on any atom is 0.258 e. The minimum absolute atomic E-state index is 0.169. The van der Waals surface area contributed by atoms with Crippen LogP contribution in [0.2, 0.25) is 5.02 Å². The van der Waals surface area contributed by atoms with Gasteiger partial charge in [0.2, 0.25) is 0 Å². The van der Waals surface area contributed by atoms with Crippen molar-refractivity contribution in [2.24, 2.45) is 0 Å². The smallest absolute Gasteiger partial charge is 0.258 e. The Hall–Kier alpha value is -14.4. The summed E-state index contributed by atoms with van der Waals surface area (Å²) in [6.07, 6.45) is 15.8. The molecule has 8 aromatic carbocycles. The van der Waals surface area contributed by atoms with E-state index in [-0.39, 0.29) is 68.9 Å². The first kappa shape index (κ1) is 94.2. The molecule has 4 aromatic heterocycles. The first-order valence-electron chi connectivity index (χ1n) is 41.8. The second-order valence-electron chi connectivity index (χ2n) is 30.3. The number of benzene rings is 8. The van der Waals surface area contributed by atoms with Crippen LogP contribution in [0, 0.1) is 33.3 Å². The van der Waals surface area contributed by atoms with Crippen LogP contribution in [0.1, 0.15) is 163 Å². The molecule has 666 valence electrons. The predicted molar refractivity (Wildman–Crippen MR) is 515 cm³/mol. The summed E-state index contributed by atoms with van der Waals surface area (Å²) in [5.74, 6) is -2.24. The van der Waals surface area contributed by atoms with Crippen LogP contribution in [0.15, 0.2) is 269 Å². The number of aromatic nitrogens is 4. The lowest BCUT2D eigenvalue weighted by Crippen LogP contribution is -2.35. The molecule has 8 amide bonds. The van der Waals surface area contributed by atoms with E-state index in [4.69, 9.17) is 33.2 Å². The van der Waals surface area contributed by atoms with Gasteiger partial charge >= 0.3 is 0 Å². The Morgan fingerprint density at radius 2 is 0.504 bits per heavy atom. The van der Waals surface area contributed by atoms with E-state index in [2.05, 4.69) is 115 Å². The van der Waals surface area contributed by atoms with E-state index in [1.54, 1.807) is 219 Å². The van der Waals surface area contributed by atoms with Gasteiger partial charge in [-0.25, -0.2) is 28.7 Å². The van der Waals surface area contributed by atoms with Crippen LogP contribution in [0.25, 0.3) is 0 Å². The number of hydrogen-bond acceptors (Lipinski definition) is 16. The molecule has 4 aliphatic rings. The summed E-state index contributed by atoms with van der Waals surface area (Å²) in [5.41, 5.74) is 5.31. The van der Waals surface area contributed by atoms with Gasteiger partial charge in [-0.2, -0.15) is 0 Å². The molecule has 0 unspecified atom stereocenters. The van der Waals surface area contributed by atoms with E-state index < -0.39 is 35.3 Å². The summed E-state index contributed by atoms with van der Waals surface area (Å²) in [6, 6.07) is 62.2. The zero-order chi connectivity index (χ0) is 92.5. The lowest BCUT2D eigenvalue weighted by molar-refractivity contribution is 0.100. The molecule has 8 heterocycles. The highest BCUT2D eigenvalue weighted by molar-refractivity contribution is 9.11. The van der Waals surface area contributed by atoms with Crippen molar-refractivity contribution in [1.29, 1.82) is 21.6 Å². The molecule has 4 saturated heterocycles. The quantitative estimate of drug-likeness (QED) is 0.0249. The number of halogens is 6. The van der Waals surface area contributed by atoms with Crippen LogP contribution in [-0.2, 0) is 0 Å². The third-order valence-corrected chi connectivity index (χ3v) is 22.9. The Morgan fingerprint density at radius 3 is 0.771 bits per heavy atom. The number of piperidine rings is 1. The number of nitrogens with zero attached hydrogens (tertiary/aromatic N) is 8. The van der Waals surface area contributed by atoms with Gasteiger partial charge in [-0.1, -0.05) is 96.5 Å². The van der Waals surface area contributed by atoms with Crippen LogP contribution in [-0.4, -0.2) is 162 Å². The average molecular weight is 1980 g/mol. The number of pyridine rings is 4. The fraction of sp³-hybridized carbons (Fsp3) is 0.175. The number of amides is 8. The predicted octanol–water partition coefficient (Wildman–Crippen LogP) is 19.6. The standard InChI is InChI=1S/C25H24BrN5O2.C24H21BrFN5O2.C24H22BrN5O2.C24H21ClFN5O2/c26-19-12-13-22(28-16-19)30-25(33)20-6-2-3-7-21(20)29-24(32)18-10-8-17(9-11-18)23(27)31-14-4-1-5-15-31;25-16-8-10-21(28-14-16)30-24(33)18-5-1-2-6-20(18)29-23(32)17-9-7-15(13-19(17)26)22(27)31-11-3-4-12-31;25-18-11-12-21(27-15-18)29-24(32)19-5-1-2-6-20(19)28-23(31)17-9-7-16(8-10-17)22(26)30-13-3-4-14-30;25-16-8-10-21(28-14-16)30-24(33)18-5-1-2-6-20(18)29-23(32)17-9-7-15(13-19(17)26)22(27)31-11-3-4-12-31/h2-3,6-13,16,27H,1,4-5,14-15H2,(H,29,32)(H,28,30,33);1-2,5-10,13-14,27H,3-4,11-12H2,(H,29,32)(H,28,30,33);1-2,5-12,15,26H,3-4,13-14H2,(H,28,31)(H,27,29,32);1-2,5-10,13-14,27H,3-4,11-12H2,(H,29,32)(H,28,30,33). The van der Waals surface area contributed by atoms with Gasteiger partial charge in [-0.05, 0) is 251 Å². The molecule has 0 saturated carbocycles. The number of hydrogen-bond donors (Lipinski definition) is 12. The second-order valence-corrected chi connectivity index (χ2v) is 33.5. The zero-order valence-electron chi connectivity index (χ0n) is 70.4. The van der Waals surface area contributed by atoms with E-state index >= 15 is 0 Å². The first-order chi connectivity index (χ1) is 63.4. The molecule has 0 radical (unpaired) electrons. The van der Waals surface area contributed by atoms with Crippen molar-refractivity contribution in [3.05, 3.63) is 352 Å². The van der Waals surface area contributed by atoms with Crippen LogP contribution < -0.4 is 42.5 Å². The van der Waals surface area contributed by atoms with Crippen molar-refractivity contribution in [1.82, 2.24) is 39.5 Å². The van der Waals surface area contributed by atoms with Gasteiger partial charge in [0.1, 0.15) is 58.2 Å². The molecule has 0 atom stereocenters. The summed E-state index contributed by atoms with van der Waals surface area (Å²) < 4.78 is 31.9. The molecular formula is C97H88Br3ClF2N20O8. The van der Waals surface area contributed by atoms with Crippen molar-refractivity contribution >= 4 is 176 Å². The Bertz CT molecular complexity index is 6030. The number of anilines is 8. The third kappa shape index (κ3) is 25.8. The van der Waals surface area contributed by atoms with E-state index in [9.17, 15) is 47.1 Å². The molecule has 0 aliphatic carbocycles. The SMILES string of the molecule is N=C(c1ccc(C(=O)Nc2ccccc2C(=O)Nc2ccc(Br)cn2)c(F)c1)N1CCCC1.N=C(c1ccc(C(=O)Nc2ccccc2C(=O)Nc2ccc(Br)cn2)cc1)N1CCCC1.N=C(c1ccc(C(=O)Nc2ccccc2C(=O)Nc2ccc(Br)cn2)cc1)N1CCCCC1.N=C(c1ccc(C(=O)Nc2ccccc2C(=O)Nc2ccc(Cl)cn2)c(F)c1)N1CCCC1. The number of carbonyl (C=O) groups excluding carboxylic acids is 8. The monoisotopic (exact) mass is 1970 g/mol. The maximum absolute atomic E-state index is 14.8. The average Bonchev–Trinajstić information content (AvgIpc) is 1.55. The molecule has 0 bridgehead atoms.